The number of methoxy groups -OCH3 is 1. The first-order chi connectivity index (χ1) is 12.0. The number of carbonyl (C=O) groups is 1. The Labute approximate surface area is 151 Å². The predicted octanol–water partition coefficient (Wildman–Crippen LogP) is 1.95. The van der Waals surface area contributed by atoms with Gasteiger partial charge in [-0.15, -0.1) is 11.3 Å². The van der Waals surface area contributed by atoms with Gasteiger partial charge < -0.3 is 4.74 Å². The highest BCUT2D eigenvalue weighted by molar-refractivity contribution is 7.89. The lowest BCUT2D eigenvalue weighted by atomic mass is 10.2. The molecule has 0 radical (unpaired) electrons. The number of rotatable bonds is 6. The van der Waals surface area contributed by atoms with Crippen LogP contribution in [0.3, 0.4) is 0 Å². The Morgan fingerprint density at radius 3 is 2.56 bits per heavy atom. The van der Waals surface area contributed by atoms with Crippen LogP contribution in [-0.4, -0.2) is 63.2 Å². The summed E-state index contributed by atoms with van der Waals surface area (Å²) in [5, 5.41) is 1.88. The van der Waals surface area contributed by atoms with Crippen molar-refractivity contribution in [2.24, 2.45) is 0 Å². The molecule has 6 nitrogen and oxygen atoms in total. The molecule has 0 N–H and O–H groups in total. The molecule has 0 unspecified atom stereocenters. The summed E-state index contributed by atoms with van der Waals surface area (Å²) in [5.41, 5.74) is 0. The predicted molar refractivity (Wildman–Crippen MR) is 96.8 cm³/mol. The van der Waals surface area contributed by atoms with Crippen molar-refractivity contribution < 1.29 is 17.9 Å². The van der Waals surface area contributed by atoms with Gasteiger partial charge in [0.15, 0.2) is 5.78 Å². The van der Waals surface area contributed by atoms with Crippen LogP contribution in [0.15, 0.2) is 46.7 Å². The standard InChI is InChI=1S/C17H20N2O4S2/c1-23-14-4-2-5-15(12-14)25(21,22)19-9-7-18(8-10-19)13-16(20)17-6-3-11-24-17/h2-6,11-12H,7-10,13H2,1H3. The van der Waals surface area contributed by atoms with E-state index in [1.807, 2.05) is 22.4 Å². The first kappa shape index (κ1) is 18.1. The molecule has 2 heterocycles. The van der Waals surface area contributed by atoms with E-state index < -0.39 is 10.0 Å². The maximum atomic E-state index is 12.8. The van der Waals surface area contributed by atoms with E-state index in [-0.39, 0.29) is 10.7 Å². The molecule has 1 aliphatic rings. The van der Waals surface area contributed by atoms with Crippen LogP contribution < -0.4 is 4.74 Å². The highest BCUT2D eigenvalue weighted by atomic mass is 32.2. The van der Waals surface area contributed by atoms with Gasteiger partial charge in [-0.3, -0.25) is 9.69 Å². The second-order valence-corrected chi connectivity index (χ2v) is 8.65. The van der Waals surface area contributed by atoms with Gasteiger partial charge in [0.2, 0.25) is 10.0 Å². The number of ketones is 1. The zero-order chi connectivity index (χ0) is 17.9. The number of sulfonamides is 1. The molecule has 1 saturated heterocycles. The zero-order valence-corrected chi connectivity index (χ0v) is 15.6. The summed E-state index contributed by atoms with van der Waals surface area (Å²) in [7, 11) is -2.04. The van der Waals surface area contributed by atoms with Crippen LogP contribution in [0.1, 0.15) is 9.67 Å². The fraction of sp³-hybridized carbons (Fsp3) is 0.353. The van der Waals surface area contributed by atoms with Gasteiger partial charge >= 0.3 is 0 Å². The van der Waals surface area contributed by atoms with Gasteiger partial charge in [-0.2, -0.15) is 4.31 Å². The number of ether oxygens (including phenoxy) is 1. The summed E-state index contributed by atoms with van der Waals surface area (Å²) in [5.74, 6) is 0.598. The van der Waals surface area contributed by atoms with Crippen molar-refractivity contribution >= 4 is 27.1 Å². The molecule has 1 aromatic carbocycles. The molecule has 8 heteroatoms. The number of carbonyl (C=O) groups excluding carboxylic acids is 1. The topological polar surface area (TPSA) is 66.9 Å². The van der Waals surface area contributed by atoms with Gasteiger partial charge in [0.25, 0.3) is 0 Å². The highest BCUT2D eigenvalue weighted by Crippen LogP contribution is 2.22. The van der Waals surface area contributed by atoms with Gasteiger partial charge in [0, 0.05) is 32.2 Å². The van der Waals surface area contributed by atoms with Gasteiger partial charge in [-0.25, -0.2) is 8.42 Å². The van der Waals surface area contributed by atoms with Crippen LogP contribution in [0.4, 0.5) is 0 Å². The molecule has 0 saturated carbocycles. The number of hydrogen-bond donors (Lipinski definition) is 0. The molecule has 0 aliphatic carbocycles. The third-order valence-corrected chi connectivity index (χ3v) is 6.98. The molecule has 134 valence electrons. The van der Waals surface area contributed by atoms with Crippen LogP contribution in [0.25, 0.3) is 0 Å². The number of piperazine rings is 1. The Morgan fingerprint density at radius 1 is 1.16 bits per heavy atom. The molecule has 25 heavy (non-hydrogen) atoms. The Kier molecular flexibility index (Phi) is 5.53. The van der Waals surface area contributed by atoms with E-state index in [2.05, 4.69) is 0 Å². The third-order valence-electron chi connectivity index (χ3n) is 4.17. The quantitative estimate of drug-likeness (QED) is 0.717. The van der Waals surface area contributed by atoms with Crippen LogP contribution in [-0.2, 0) is 10.0 Å². The molecular weight excluding hydrogens is 360 g/mol. The lowest BCUT2D eigenvalue weighted by Gasteiger charge is -2.33. The van der Waals surface area contributed by atoms with Crippen molar-refractivity contribution in [2.75, 3.05) is 39.8 Å². The minimum absolute atomic E-state index is 0.0825. The summed E-state index contributed by atoms with van der Waals surface area (Å²) >= 11 is 1.43. The fourth-order valence-corrected chi connectivity index (χ4v) is 4.87. The van der Waals surface area contributed by atoms with E-state index >= 15 is 0 Å². The SMILES string of the molecule is COc1cccc(S(=O)(=O)N2CCN(CC(=O)c3cccs3)CC2)c1. The van der Waals surface area contributed by atoms with Crippen molar-refractivity contribution in [3.63, 3.8) is 0 Å². The molecular formula is C17H20N2O4S2. The first-order valence-corrected chi connectivity index (χ1v) is 10.3. The monoisotopic (exact) mass is 380 g/mol. The third kappa shape index (κ3) is 4.09. The summed E-state index contributed by atoms with van der Waals surface area (Å²) in [4.78, 5) is 15.1. The number of thiophene rings is 1. The van der Waals surface area contributed by atoms with E-state index in [9.17, 15) is 13.2 Å². The maximum absolute atomic E-state index is 12.8. The fourth-order valence-electron chi connectivity index (χ4n) is 2.76. The first-order valence-electron chi connectivity index (χ1n) is 7.94. The van der Waals surface area contributed by atoms with E-state index in [0.29, 0.717) is 38.5 Å². The minimum Gasteiger partial charge on any atom is -0.497 e. The van der Waals surface area contributed by atoms with E-state index in [1.165, 1.54) is 28.8 Å². The summed E-state index contributed by atoms with van der Waals surface area (Å²) in [6, 6.07) is 10.2. The van der Waals surface area contributed by atoms with Crippen LogP contribution >= 0.6 is 11.3 Å². The highest BCUT2D eigenvalue weighted by Gasteiger charge is 2.29. The van der Waals surface area contributed by atoms with E-state index in [0.717, 1.165) is 4.88 Å². The summed E-state index contributed by atoms with van der Waals surface area (Å²) < 4.78 is 32.1. The number of hydrogen-bond acceptors (Lipinski definition) is 6. The van der Waals surface area contributed by atoms with Gasteiger partial charge in [-0.05, 0) is 23.6 Å². The van der Waals surface area contributed by atoms with E-state index in [4.69, 9.17) is 4.74 Å². The van der Waals surface area contributed by atoms with Crippen LogP contribution in [0, 0.1) is 0 Å². The smallest absolute Gasteiger partial charge is 0.243 e. The Bertz CT molecular complexity index is 826. The zero-order valence-electron chi connectivity index (χ0n) is 13.9. The van der Waals surface area contributed by atoms with Crippen molar-refractivity contribution in [1.29, 1.82) is 0 Å². The molecule has 1 aromatic heterocycles. The Balaban J connectivity index is 1.62. The molecule has 2 aromatic rings. The number of nitrogens with zero attached hydrogens (tertiary/aromatic N) is 2. The maximum Gasteiger partial charge on any atom is 0.243 e. The second kappa shape index (κ2) is 7.65. The molecule has 3 rings (SSSR count). The molecule has 0 atom stereocenters. The van der Waals surface area contributed by atoms with Crippen LogP contribution in [0.2, 0.25) is 0 Å². The average molecular weight is 380 g/mol. The van der Waals surface area contributed by atoms with Crippen LogP contribution in [0.5, 0.6) is 5.75 Å². The van der Waals surface area contributed by atoms with Crippen molar-refractivity contribution in [3.05, 3.63) is 46.7 Å². The Hall–Kier alpha value is -1.74. The number of benzene rings is 1. The van der Waals surface area contributed by atoms with Crippen molar-refractivity contribution in [2.45, 2.75) is 4.90 Å². The lowest BCUT2D eigenvalue weighted by Crippen LogP contribution is -2.49. The largest absolute Gasteiger partial charge is 0.497 e. The van der Waals surface area contributed by atoms with Gasteiger partial charge in [0.1, 0.15) is 5.75 Å². The van der Waals surface area contributed by atoms with Gasteiger partial charge in [-0.1, -0.05) is 12.1 Å². The minimum atomic E-state index is -3.55. The summed E-state index contributed by atoms with van der Waals surface area (Å²) in [6.45, 7) is 2.16. The summed E-state index contributed by atoms with van der Waals surface area (Å²) in [6.07, 6.45) is 0. The van der Waals surface area contributed by atoms with E-state index in [1.54, 1.807) is 18.2 Å². The number of Topliss-reactive ketones (excluding diaryl/α,β-unsaturated/α-hetero) is 1. The van der Waals surface area contributed by atoms with Gasteiger partial charge in [0.05, 0.1) is 23.4 Å². The molecule has 0 amide bonds. The molecule has 0 spiro atoms. The molecule has 1 fully saturated rings. The second-order valence-electron chi connectivity index (χ2n) is 5.76. The molecule has 1 aliphatic heterocycles. The lowest BCUT2D eigenvalue weighted by molar-refractivity contribution is 0.0905. The Morgan fingerprint density at radius 2 is 1.92 bits per heavy atom. The van der Waals surface area contributed by atoms with Crippen molar-refractivity contribution in [3.8, 4) is 5.75 Å². The molecule has 0 bridgehead atoms. The average Bonchev–Trinajstić information content (AvgIpc) is 3.17. The van der Waals surface area contributed by atoms with Crippen molar-refractivity contribution in [1.82, 2.24) is 9.21 Å². The normalized spacial score (nSPS) is 16.7.